The minimum atomic E-state index is -1.63. The normalized spacial score (nSPS) is 9.42. The second kappa shape index (κ2) is 5.10. The van der Waals surface area contributed by atoms with Gasteiger partial charge in [0.2, 0.25) is 0 Å². The first-order valence-corrected chi connectivity index (χ1v) is 5.10. The molecule has 0 amide bonds. The number of halogens is 1. The Hall–Kier alpha value is -0.620. The quantitative estimate of drug-likeness (QED) is 0.556. The number of benzene rings is 1. The van der Waals surface area contributed by atoms with Gasteiger partial charge in [-0.3, -0.25) is 0 Å². The van der Waals surface area contributed by atoms with Crippen LogP contribution in [-0.4, -0.2) is 5.97 Å². The number of carbonyl (C=O) groups excluding carboxylic acids is 1. The molecular weight excluding hydrogens is 271 g/mol. The molecule has 0 aliphatic heterocycles. The fraction of sp³-hybridized carbons (Fsp3) is 0.125. The Bertz CT molecular complexity index is 248. The van der Waals surface area contributed by atoms with Gasteiger partial charge in [-0.1, -0.05) is 30.3 Å². The summed E-state index contributed by atoms with van der Waals surface area (Å²) in [5.41, 5.74) is 0.875. The molecule has 64 valence electrons. The van der Waals surface area contributed by atoms with Gasteiger partial charge in [-0.2, -0.15) is 0 Å². The first-order chi connectivity index (χ1) is 5.83. The Morgan fingerprint density at radius 1 is 1.42 bits per heavy atom. The van der Waals surface area contributed by atoms with Gasteiger partial charge in [0.15, 0.2) is 0 Å². The summed E-state index contributed by atoms with van der Waals surface area (Å²) < 4.78 is 14.4. The topological polar surface area (TPSA) is 49.4 Å². The molecule has 4 heteroatoms. The molecule has 0 saturated carbocycles. The Labute approximate surface area is 81.7 Å². The standard InChI is InChI=1S/C8H7IO3/c10-8(12-9-11)6-7-4-2-1-3-5-7/h1-5H,6H2. The van der Waals surface area contributed by atoms with Gasteiger partial charge in [0.25, 0.3) is 0 Å². The molecule has 1 aromatic rings. The Kier molecular flexibility index (Phi) is 4.02. The van der Waals surface area contributed by atoms with E-state index in [4.69, 9.17) is 0 Å². The number of rotatable bonds is 3. The van der Waals surface area contributed by atoms with Gasteiger partial charge in [0.1, 0.15) is 0 Å². The van der Waals surface area contributed by atoms with Crippen molar-refractivity contribution < 1.29 is 33.3 Å². The van der Waals surface area contributed by atoms with E-state index >= 15 is 0 Å². The predicted molar refractivity (Wildman–Crippen MR) is 36.2 cm³/mol. The smallest absolute Gasteiger partial charge is 0.517 e. The van der Waals surface area contributed by atoms with Gasteiger partial charge < -0.3 is 3.44 Å². The monoisotopic (exact) mass is 278 g/mol. The first kappa shape index (κ1) is 9.47. The van der Waals surface area contributed by atoms with Crippen LogP contribution in [0.3, 0.4) is 0 Å². The molecule has 1 rings (SSSR count). The summed E-state index contributed by atoms with van der Waals surface area (Å²) >= 11 is -1.63. The third-order valence-electron chi connectivity index (χ3n) is 1.31. The van der Waals surface area contributed by atoms with Gasteiger partial charge in [-0.15, -0.1) is 0 Å². The van der Waals surface area contributed by atoms with E-state index in [0.717, 1.165) is 5.56 Å². The molecule has 0 spiro atoms. The molecule has 1 aromatic carbocycles. The summed E-state index contributed by atoms with van der Waals surface area (Å²) in [6.07, 6.45) is 0.197. The van der Waals surface area contributed by atoms with Crippen LogP contribution in [0.5, 0.6) is 0 Å². The summed E-state index contributed by atoms with van der Waals surface area (Å²) in [6.45, 7) is 0. The average molecular weight is 278 g/mol. The highest BCUT2D eigenvalue weighted by Crippen LogP contribution is 1.98. The third-order valence-corrected chi connectivity index (χ3v) is 1.98. The zero-order valence-corrected chi connectivity index (χ0v) is 8.35. The molecule has 0 aliphatic carbocycles. The highest BCUT2D eigenvalue weighted by Gasteiger charge is 2.08. The van der Waals surface area contributed by atoms with Crippen LogP contribution in [-0.2, 0) is 14.3 Å². The first-order valence-electron chi connectivity index (χ1n) is 3.33. The molecule has 0 bridgehead atoms. The maximum Gasteiger partial charge on any atom is 0.517 e. The third kappa shape index (κ3) is 3.19. The van der Waals surface area contributed by atoms with Gasteiger partial charge >= 0.3 is 28.0 Å². The van der Waals surface area contributed by atoms with E-state index in [0.29, 0.717) is 0 Å². The minimum Gasteiger partial charge on any atom is -0.558 e. The highest BCUT2D eigenvalue weighted by atomic mass is 127. The van der Waals surface area contributed by atoms with Crippen molar-refractivity contribution in [3.63, 3.8) is 0 Å². The Morgan fingerprint density at radius 2 is 2.08 bits per heavy atom. The van der Waals surface area contributed by atoms with Crippen LogP contribution in [0, 0.1) is 0 Å². The zero-order valence-electron chi connectivity index (χ0n) is 6.20. The second-order valence-electron chi connectivity index (χ2n) is 2.17. The second-order valence-corrected chi connectivity index (χ2v) is 2.97. The van der Waals surface area contributed by atoms with Crippen LogP contribution in [0.25, 0.3) is 0 Å². The van der Waals surface area contributed by atoms with E-state index < -0.39 is 28.0 Å². The number of hydrogen-bond donors (Lipinski definition) is 0. The predicted octanol–water partition coefficient (Wildman–Crippen LogP) is -2.95. The van der Waals surface area contributed by atoms with Crippen molar-refractivity contribution in [2.75, 3.05) is 0 Å². The van der Waals surface area contributed by atoms with Gasteiger partial charge in [0, 0.05) is 0 Å². The van der Waals surface area contributed by atoms with Crippen molar-refractivity contribution in [1.29, 1.82) is 0 Å². The summed E-state index contributed by atoms with van der Waals surface area (Å²) in [5, 5.41) is 0. The maximum atomic E-state index is 10.8. The van der Waals surface area contributed by atoms with Crippen molar-refractivity contribution >= 4 is 5.97 Å². The molecule has 0 radical (unpaired) electrons. The van der Waals surface area contributed by atoms with Crippen LogP contribution in [0.2, 0.25) is 0 Å². The van der Waals surface area contributed by atoms with Crippen molar-refractivity contribution in [2.24, 2.45) is 0 Å². The maximum absolute atomic E-state index is 10.8. The summed E-state index contributed by atoms with van der Waals surface area (Å²) in [5.74, 6) is -0.427. The largest absolute Gasteiger partial charge is 0.558 e. The van der Waals surface area contributed by atoms with Gasteiger partial charge in [-0.25, -0.2) is 7.86 Å². The zero-order chi connectivity index (χ0) is 8.81. The fourth-order valence-corrected chi connectivity index (χ4v) is 1.18. The molecular formula is C8H7IO3. The van der Waals surface area contributed by atoms with E-state index in [1.54, 1.807) is 0 Å². The van der Waals surface area contributed by atoms with Crippen LogP contribution in [0.15, 0.2) is 30.3 Å². The lowest BCUT2D eigenvalue weighted by Crippen LogP contribution is -3.70. The molecule has 0 fully saturated rings. The van der Waals surface area contributed by atoms with Crippen molar-refractivity contribution in [3.05, 3.63) is 35.9 Å². The fourth-order valence-electron chi connectivity index (χ4n) is 0.825. The number of carbonyl (C=O) groups is 1. The Balaban J connectivity index is 2.47. The van der Waals surface area contributed by atoms with Crippen LogP contribution in [0.1, 0.15) is 5.56 Å². The van der Waals surface area contributed by atoms with E-state index in [1.807, 2.05) is 30.3 Å². The lowest BCUT2D eigenvalue weighted by Gasteiger charge is -1.94. The van der Waals surface area contributed by atoms with Crippen molar-refractivity contribution in [2.45, 2.75) is 6.42 Å². The average Bonchev–Trinajstić information content (AvgIpc) is 2.06. The summed E-state index contributed by atoms with van der Waals surface area (Å²) in [7, 11) is 0. The van der Waals surface area contributed by atoms with Gasteiger partial charge in [0.05, 0.1) is 6.42 Å². The van der Waals surface area contributed by atoms with Crippen LogP contribution < -0.4 is 25.5 Å². The minimum absolute atomic E-state index is 0.197. The molecule has 3 nitrogen and oxygen atoms in total. The van der Waals surface area contributed by atoms with Crippen molar-refractivity contribution in [3.8, 4) is 0 Å². The molecule has 0 N–H and O–H groups in total. The molecule has 0 atom stereocenters. The van der Waals surface area contributed by atoms with E-state index in [9.17, 15) is 8.23 Å². The molecule has 12 heavy (non-hydrogen) atoms. The molecule has 0 aliphatic rings. The molecule has 0 aromatic heterocycles. The summed E-state index contributed by atoms with van der Waals surface area (Å²) in [6, 6.07) is 9.20. The van der Waals surface area contributed by atoms with Crippen molar-refractivity contribution in [1.82, 2.24) is 0 Å². The van der Waals surface area contributed by atoms with Crippen LogP contribution >= 0.6 is 0 Å². The lowest BCUT2D eigenvalue weighted by atomic mass is 10.2. The molecule has 0 unspecified atom stereocenters. The Morgan fingerprint density at radius 3 is 2.67 bits per heavy atom. The molecule has 0 saturated heterocycles. The van der Waals surface area contributed by atoms with E-state index in [1.165, 1.54) is 0 Å². The van der Waals surface area contributed by atoms with Gasteiger partial charge in [-0.05, 0) is 5.56 Å². The highest BCUT2D eigenvalue weighted by molar-refractivity contribution is 5.71. The molecule has 0 heterocycles. The van der Waals surface area contributed by atoms with E-state index in [-0.39, 0.29) is 6.42 Å². The SMILES string of the molecule is O=C(Cc1ccccc1)O[I+][O-]. The number of hydrogen-bond acceptors (Lipinski definition) is 3. The van der Waals surface area contributed by atoms with E-state index in [2.05, 4.69) is 3.07 Å². The van der Waals surface area contributed by atoms with Crippen LogP contribution in [0.4, 0.5) is 0 Å². The summed E-state index contributed by atoms with van der Waals surface area (Å²) in [4.78, 5) is 10.8. The lowest BCUT2D eigenvalue weighted by molar-refractivity contribution is -1.26.